The molecule has 0 aliphatic carbocycles. The smallest absolute Gasteiger partial charge is 0.238 e. The van der Waals surface area contributed by atoms with E-state index in [2.05, 4.69) is 17.3 Å². The Morgan fingerprint density at radius 2 is 1.97 bits per heavy atom. The molecule has 4 atom stereocenters. The number of nitrogens with zero attached hydrogens (tertiary/aromatic N) is 3. The molecule has 2 amide bonds. The highest BCUT2D eigenvalue weighted by Crippen LogP contribution is 2.47. The van der Waals surface area contributed by atoms with Crippen LogP contribution in [0.1, 0.15) is 24.3 Å². The summed E-state index contributed by atoms with van der Waals surface area (Å²) in [7, 11) is 5.76. The van der Waals surface area contributed by atoms with Crippen molar-refractivity contribution in [3.63, 3.8) is 0 Å². The van der Waals surface area contributed by atoms with E-state index in [1.807, 2.05) is 42.1 Å². The average Bonchev–Trinajstić information content (AvgIpc) is 3.11. The molecule has 1 aromatic rings. The summed E-state index contributed by atoms with van der Waals surface area (Å²) in [6.45, 7) is 3.37. The predicted molar refractivity (Wildman–Crippen MR) is 120 cm³/mol. The number of ether oxygens (including phenoxy) is 2. The molecule has 0 radical (unpaired) electrons. The first-order valence-electron chi connectivity index (χ1n) is 11.3. The lowest BCUT2D eigenvalue weighted by Crippen LogP contribution is -2.50. The molecule has 0 aromatic heterocycles. The number of anilines is 1. The second-order valence-electron chi connectivity index (χ2n) is 9.33. The van der Waals surface area contributed by atoms with Gasteiger partial charge in [0.25, 0.3) is 0 Å². The Labute approximate surface area is 189 Å². The van der Waals surface area contributed by atoms with Gasteiger partial charge < -0.3 is 34.6 Å². The molecule has 2 saturated heterocycles. The summed E-state index contributed by atoms with van der Waals surface area (Å²) in [5.74, 6) is 0.772. The summed E-state index contributed by atoms with van der Waals surface area (Å²) in [6, 6.07) is 5.64. The third kappa shape index (κ3) is 5.06. The van der Waals surface area contributed by atoms with Gasteiger partial charge in [0.15, 0.2) is 0 Å². The number of amides is 2. The number of hydrogen-bond donors (Lipinski definition) is 2. The molecule has 176 valence electrons. The van der Waals surface area contributed by atoms with E-state index in [9.17, 15) is 14.7 Å². The van der Waals surface area contributed by atoms with E-state index >= 15 is 0 Å². The lowest BCUT2D eigenvalue weighted by molar-refractivity contribution is -0.150. The molecule has 4 rings (SSSR count). The van der Waals surface area contributed by atoms with Crippen LogP contribution in [0.5, 0.6) is 5.75 Å². The van der Waals surface area contributed by atoms with Gasteiger partial charge in [-0.15, -0.1) is 0 Å². The number of carbonyl (C=O) groups is 2. The molecule has 3 heterocycles. The van der Waals surface area contributed by atoms with Gasteiger partial charge in [-0.1, -0.05) is 0 Å². The van der Waals surface area contributed by atoms with Crippen molar-refractivity contribution in [2.45, 2.75) is 37.1 Å². The maximum atomic E-state index is 12.9. The van der Waals surface area contributed by atoms with Crippen LogP contribution in [-0.2, 0) is 14.3 Å². The Morgan fingerprint density at radius 1 is 1.22 bits per heavy atom. The Bertz CT molecular complexity index is 840. The fourth-order valence-corrected chi connectivity index (χ4v) is 4.83. The summed E-state index contributed by atoms with van der Waals surface area (Å²) in [4.78, 5) is 31.0. The van der Waals surface area contributed by atoms with E-state index in [4.69, 9.17) is 9.47 Å². The number of rotatable bonds is 6. The third-order valence-corrected chi connectivity index (χ3v) is 6.50. The minimum atomic E-state index is -0.488. The highest BCUT2D eigenvalue weighted by atomic mass is 16.6. The molecule has 0 saturated carbocycles. The van der Waals surface area contributed by atoms with Crippen LogP contribution in [-0.4, -0.2) is 110 Å². The average molecular weight is 447 g/mol. The fourth-order valence-electron chi connectivity index (χ4n) is 4.83. The van der Waals surface area contributed by atoms with Gasteiger partial charge in [-0.05, 0) is 45.8 Å². The largest absolute Gasteiger partial charge is 0.487 e. The minimum absolute atomic E-state index is 0.00638. The monoisotopic (exact) mass is 446 g/mol. The lowest BCUT2D eigenvalue weighted by atomic mass is 9.84. The summed E-state index contributed by atoms with van der Waals surface area (Å²) in [5, 5.41) is 12.9. The van der Waals surface area contributed by atoms with Crippen LogP contribution in [0.2, 0.25) is 0 Å². The quantitative estimate of drug-likeness (QED) is 0.651. The van der Waals surface area contributed by atoms with Crippen molar-refractivity contribution in [2.75, 3.05) is 65.8 Å². The van der Waals surface area contributed by atoms with Crippen molar-refractivity contribution in [3.05, 3.63) is 23.8 Å². The number of hydrogen-bond acceptors (Lipinski definition) is 7. The predicted octanol–water partition coefficient (Wildman–Crippen LogP) is 0.345. The number of carbonyl (C=O) groups excluding carboxylic acids is 2. The van der Waals surface area contributed by atoms with Gasteiger partial charge in [0.05, 0.1) is 25.7 Å². The van der Waals surface area contributed by atoms with Gasteiger partial charge in [-0.3, -0.25) is 9.59 Å². The standard InChI is InChI=1S/C23H34N4O5/c1-25(2)13-21(29)24-15-4-5-19-17(10-15)18-11-16(31-20(14-28)23(18)32-19)12-22(30)27-8-6-26(3)7-9-27/h4-5,10,16,18,20,23,28H,6-9,11-14H2,1-3H3,(H,24,29)/t16-,18+,20+,23-/m1/s1. The molecule has 32 heavy (non-hydrogen) atoms. The van der Waals surface area contributed by atoms with Crippen molar-refractivity contribution in [1.29, 1.82) is 0 Å². The zero-order valence-corrected chi connectivity index (χ0v) is 19.1. The number of aliphatic hydroxyl groups is 1. The van der Waals surface area contributed by atoms with E-state index in [0.717, 1.165) is 43.2 Å². The molecular weight excluding hydrogens is 412 g/mol. The Hall–Kier alpha value is -2.20. The minimum Gasteiger partial charge on any atom is -0.487 e. The van der Waals surface area contributed by atoms with Gasteiger partial charge in [-0.25, -0.2) is 0 Å². The molecule has 9 heteroatoms. The van der Waals surface area contributed by atoms with Gasteiger partial charge in [0.1, 0.15) is 18.0 Å². The Morgan fingerprint density at radius 3 is 2.66 bits per heavy atom. The zero-order chi connectivity index (χ0) is 22.8. The highest BCUT2D eigenvalue weighted by molar-refractivity contribution is 5.92. The Kier molecular flexibility index (Phi) is 6.99. The molecule has 2 fully saturated rings. The van der Waals surface area contributed by atoms with Crippen LogP contribution in [0.3, 0.4) is 0 Å². The SMILES string of the molecule is CN(C)CC(=O)Nc1ccc2c(c1)[C@@H]1C[C@H](CC(=O)N3CCN(C)CC3)O[C@@H](CO)[C@@H]1O2. The third-order valence-electron chi connectivity index (χ3n) is 6.50. The van der Waals surface area contributed by atoms with Crippen LogP contribution in [0.25, 0.3) is 0 Å². The maximum absolute atomic E-state index is 12.9. The normalized spacial score (nSPS) is 27.6. The van der Waals surface area contributed by atoms with Gasteiger partial charge in [0.2, 0.25) is 11.8 Å². The maximum Gasteiger partial charge on any atom is 0.238 e. The molecule has 2 N–H and O–H groups in total. The topological polar surface area (TPSA) is 94.6 Å². The molecule has 0 unspecified atom stereocenters. The lowest BCUT2D eigenvalue weighted by Gasteiger charge is -2.38. The van der Waals surface area contributed by atoms with Crippen molar-refractivity contribution >= 4 is 17.5 Å². The highest BCUT2D eigenvalue weighted by Gasteiger charge is 2.46. The van der Waals surface area contributed by atoms with Gasteiger partial charge in [-0.2, -0.15) is 0 Å². The van der Waals surface area contributed by atoms with Crippen LogP contribution in [0.15, 0.2) is 18.2 Å². The van der Waals surface area contributed by atoms with Crippen LogP contribution in [0, 0.1) is 0 Å². The van der Waals surface area contributed by atoms with E-state index in [1.165, 1.54) is 0 Å². The summed E-state index contributed by atoms with van der Waals surface area (Å²) in [6.07, 6.45) is -0.112. The Balaban J connectivity index is 1.45. The van der Waals surface area contributed by atoms with Crippen LogP contribution in [0.4, 0.5) is 5.69 Å². The van der Waals surface area contributed by atoms with Crippen molar-refractivity contribution in [3.8, 4) is 5.75 Å². The second-order valence-corrected chi connectivity index (χ2v) is 9.33. The number of likely N-dealkylation sites (N-methyl/N-ethyl adjacent to an activating group) is 2. The number of nitrogens with one attached hydrogen (secondary N) is 1. The number of fused-ring (bicyclic) bond motifs is 3. The van der Waals surface area contributed by atoms with Crippen molar-refractivity contribution in [1.82, 2.24) is 14.7 Å². The molecule has 9 nitrogen and oxygen atoms in total. The number of aliphatic hydroxyl groups excluding tert-OH is 1. The molecule has 3 aliphatic rings. The second kappa shape index (κ2) is 9.74. The van der Waals surface area contributed by atoms with Crippen LogP contribution < -0.4 is 10.1 Å². The van der Waals surface area contributed by atoms with Gasteiger partial charge >= 0.3 is 0 Å². The van der Waals surface area contributed by atoms with Crippen molar-refractivity contribution in [2.24, 2.45) is 0 Å². The molecular formula is C23H34N4O5. The molecule has 0 spiro atoms. The molecule has 3 aliphatic heterocycles. The number of piperazine rings is 1. The molecule has 1 aromatic carbocycles. The van der Waals surface area contributed by atoms with Gasteiger partial charge in [0, 0.05) is 43.3 Å². The summed E-state index contributed by atoms with van der Waals surface area (Å²) < 4.78 is 12.2. The number of benzene rings is 1. The first-order valence-corrected chi connectivity index (χ1v) is 11.3. The van der Waals surface area contributed by atoms with E-state index in [1.54, 1.807) is 0 Å². The first-order chi connectivity index (χ1) is 15.3. The summed E-state index contributed by atoms with van der Waals surface area (Å²) >= 11 is 0. The van der Waals surface area contributed by atoms with E-state index in [-0.39, 0.29) is 36.5 Å². The van der Waals surface area contributed by atoms with E-state index < -0.39 is 6.10 Å². The summed E-state index contributed by atoms with van der Waals surface area (Å²) in [5.41, 5.74) is 1.72. The first kappa shape index (κ1) is 23.0. The van der Waals surface area contributed by atoms with Crippen molar-refractivity contribution < 1.29 is 24.2 Å². The fraction of sp³-hybridized carbons (Fsp3) is 0.652. The van der Waals surface area contributed by atoms with E-state index in [0.29, 0.717) is 19.4 Å². The zero-order valence-electron chi connectivity index (χ0n) is 19.1. The molecule has 0 bridgehead atoms. The van der Waals surface area contributed by atoms with Crippen LogP contribution >= 0.6 is 0 Å².